The van der Waals surface area contributed by atoms with Gasteiger partial charge in [0.05, 0.1) is 6.10 Å². The van der Waals surface area contributed by atoms with Crippen LogP contribution in [0.5, 0.6) is 5.75 Å². The Labute approximate surface area is 158 Å². The number of hydrogen-bond donors (Lipinski definition) is 1. The van der Waals surface area contributed by atoms with E-state index in [2.05, 4.69) is 9.64 Å². The molecular weight excluding hydrogens is 356 g/mol. The molecule has 6 nitrogen and oxygen atoms in total. The average Bonchev–Trinajstić information content (AvgIpc) is 2.69. The van der Waals surface area contributed by atoms with Gasteiger partial charge in [-0.1, -0.05) is 12.1 Å². The number of urea groups is 1. The van der Waals surface area contributed by atoms with Crippen molar-refractivity contribution >= 4 is 6.03 Å². The number of β-amino-alcohol motifs (C(OH)–C–C–N with tert-alkyl or cyclic N) is 1. The smallest absolute Gasteiger partial charge is 0.387 e. The standard InChI is InChI=1S/C19H27F2N3O3/c20-18(21)27-16-6-4-15(5-7-16)17(25)14-22-10-12-24(13-11-22)19(26)23-8-2-1-3-9-23/h4-7,17-18,25H,1-3,8-14H2. The number of piperidine rings is 1. The molecule has 2 aliphatic heterocycles. The van der Waals surface area contributed by atoms with E-state index in [0.717, 1.165) is 25.9 Å². The average molecular weight is 383 g/mol. The van der Waals surface area contributed by atoms with Gasteiger partial charge in [0.2, 0.25) is 0 Å². The van der Waals surface area contributed by atoms with Gasteiger partial charge in [-0.15, -0.1) is 0 Å². The highest BCUT2D eigenvalue weighted by atomic mass is 19.3. The summed E-state index contributed by atoms with van der Waals surface area (Å²) in [6, 6.07) is 6.18. The summed E-state index contributed by atoms with van der Waals surface area (Å²) < 4.78 is 28.7. The van der Waals surface area contributed by atoms with Crippen LogP contribution in [0.4, 0.5) is 13.6 Å². The maximum absolute atomic E-state index is 12.5. The minimum Gasteiger partial charge on any atom is -0.435 e. The zero-order valence-corrected chi connectivity index (χ0v) is 15.4. The third-order valence-corrected chi connectivity index (χ3v) is 5.19. The molecule has 2 fully saturated rings. The second-order valence-corrected chi connectivity index (χ2v) is 7.08. The number of aliphatic hydroxyl groups excluding tert-OH is 1. The van der Waals surface area contributed by atoms with Gasteiger partial charge in [0, 0.05) is 45.8 Å². The number of benzene rings is 1. The highest BCUT2D eigenvalue weighted by molar-refractivity contribution is 5.74. The lowest BCUT2D eigenvalue weighted by Gasteiger charge is -2.39. The first-order valence-corrected chi connectivity index (χ1v) is 9.52. The van der Waals surface area contributed by atoms with Gasteiger partial charge in [0.25, 0.3) is 0 Å². The van der Waals surface area contributed by atoms with E-state index in [1.807, 2.05) is 9.80 Å². The number of nitrogens with zero attached hydrogens (tertiary/aromatic N) is 3. The molecule has 0 radical (unpaired) electrons. The molecule has 150 valence electrons. The van der Waals surface area contributed by atoms with Crippen LogP contribution in [0.15, 0.2) is 24.3 Å². The molecule has 1 atom stereocenters. The van der Waals surface area contributed by atoms with Crippen LogP contribution in [0.25, 0.3) is 0 Å². The normalized spacial score (nSPS) is 20.0. The largest absolute Gasteiger partial charge is 0.435 e. The van der Waals surface area contributed by atoms with Crippen molar-refractivity contribution in [2.24, 2.45) is 0 Å². The van der Waals surface area contributed by atoms with Gasteiger partial charge < -0.3 is 19.6 Å². The van der Waals surface area contributed by atoms with E-state index in [1.165, 1.54) is 18.6 Å². The first-order chi connectivity index (χ1) is 13.0. The third-order valence-electron chi connectivity index (χ3n) is 5.19. The molecule has 1 unspecified atom stereocenters. The number of carbonyl (C=O) groups excluding carboxylic acids is 1. The van der Waals surface area contributed by atoms with E-state index in [9.17, 15) is 18.7 Å². The monoisotopic (exact) mass is 383 g/mol. The summed E-state index contributed by atoms with van der Waals surface area (Å²) in [4.78, 5) is 18.5. The van der Waals surface area contributed by atoms with Crippen LogP contribution >= 0.6 is 0 Å². The van der Waals surface area contributed by atoms with Crippen LogP contribution in [-0.4, -0.2) is 78.3 Å². The Morgan fingerprint density at radius 1 is 0.963 bits per heavy atom. The Bertz CT molecular complexity index is 601. The minimum absolute atomic E-state index is 0.0748. The predicted molar refractivity (Wildman–Crippen MR) is 96.9 cm³/mol. The first-order valence-electron chi connectivity index (χ1n) is 9.52. The van der Waals surface area contributed by atoms with E-state index < -0.39 is 12.7 Å². The molecule has 0 saturated carbocycles. The number of alkyl halides is 2. The number of ether oxygens (including phenoxy) is 1. The number of piperazine rings is 1. The van der Waals surface area contributed by atoms with E-state index >= 15 is 0 Å². The van der Waals surface area contributed by atoms with Gasteiger partial charge in [-0.3, -0.25) is 4.90 Å². The Hall–Kier alpha value is -1.93. The van der Waals surface area contributed by atoms with Gasteiger partial charge in [0.15, 0.2) is 0 Å². The van der Waals surface area contributed by atoms with Crippen molar-refractivity contribution in [3.05, 3.63) is 29.8 Å². The van der Waals surface area contributed by atoms with Crippen LogP contribution in [-0.2, 0) is 0 Å². The van der Waals surface area contributed by atoms with Crippen molar-refractivity contribution in [1.82, 2.24) is 14.7 Å². The minimum atomic E-state index is -2.86. The van der Waals surface area contributed by atoms with Crippen molar-refractivity contribution in [3.8, 4) is 5.75 Å². The van der Waals surface area contributed by atoms with E-state index in [-0.39, 0.29) is 11.8 Å². The second-order valence-electron chi connectivity index (χ2n) is 7.08. The number of likely N-dealkylation sites (tertiary alicyclic amines) is 1. The lowest BCUT2D eigenvalue weighted by atomic mass is 10.1. The van der Waals surface area contributed by atoms with Gasteiger partial charge in [-0.05, 0) is 37.0 Å². The molecule has 1 aromatic rings. The maximum Gasteiger partial charge on any atom is 0.387 e. The van der Waals surface area contributed by atoms with Crippen molar-refractivity contribution in [3.63, 3.8) is 0 Å². The molecular formula is C19H27F2N3O3. The van der Waals surface area contributed by atoms with Crippen LogP contribution in [0.2, 0.25) is 0 Å². The Morgan fingerprint density at radius 3 is 2.15 bits per heavy atom. The third kappa shape index (κ3) is 5.52. The predicted octanol–water partition coefficient (Wildman–Crippen LogP) is 2.54. The van der Waals surface area contributed by atoms with Gasteiger partial charge >= 0.3 is 12.6 Å². The number of carbonyl (C=O) groups is 1. The Morgan fingerprint density at radius 2 is 1.56 bits per heavy atom. The van der Waals surface area contributed by atoms with E-state index in [4.69, 9.17) is 0 Å². The number of amides is 2. The summed E-state index contributed by atoms with van der Waals surface area (Å²) in [6.07, 6.45) is 2.65. The lowest BCUT2D eigenvalue weighted by molar-refractivity contribution is -0.0498. The fourth-order valence-electron chi connectivity index (χ4n) is 3.63. The molecule has 8 heteroatoms. The highest BCUT2D eigenvalue weighted by Gasteiger charge is 2.27. The number of halogens is 2. The summed E-state index contributed by atoms with van der Waals surface area (Å²) in [5.74, 6) is 0.0748. The van der Waals surface area contributed by atoms with Crippen molar-refractivity contribution < 1.29 is 23.4 Å². The van der Waals surface area contributed by atoms with Crippen molar-refractivity contribution in [2.45, 2.75) is 32.0 Å². The zero-order chi connectivity index (χ0) is 19.2. The van der Waals surface area contributed by atoms with Gasteiger partial charge in [-0.25, -0.2) is 4.79 Å². The molecule has 1 N–H and O–H groups in total. The maximum atomic E-state index is 12.5. The fourth-order valence-corrected chi connectivity index (χ4v) is 3.63. The van der Waals surface area contributed by atoms with Crippen LogP contribution < -0.4 is 4.74 Å². The van der Waals surface area contributed by atoms with Crippen molar-refractivity contribution in [2.75, 3.05) is 45.8 Å². The quantitative estimate of drug-likeness (QED) is 0.849. The SMILES string of the molecule is O=C(N1CCCCC1)N1CCN(CC(O)c2ccc(OC(F)F)cc2)CC1. The second kappa shape index (κ2) is 9.32. The van der Waals surface area contributed by atoms with E-state index in [0.29, 0.717) is 38.3 Å². The number of aliphatic hydroxyl groups is 1. The molecule has 2 heterocycles. The Kier molecular flexibility index (Phi) is 6.84. The molecule has 0 spiro atoms. The molecule has 3 rings (SSSR count). The van der Waals surface area contributed by atoms with Crippen molar-refractivity contribution in [1.29, 1.82) is 0 Å². The summed E-state index contributed by atoms with van der Waals surface area (Å²) in [5.41, 5.74) is 0.656. The molecule has 1 aromatic carbocycles. The lowest BCUT2D eigenvalue weighted by Crippen LogP contribution is -2.54. The number of rotatable bonds is 5. The van der Waals surface area contributed by atoms with E-state index in [1.54, 1.807) is 12.1 Å². The van der Waals surface area contributed by atoms with Crippen LogP contribution in [0.1, 0.15) is 30.9 Å². The van der Waals surface area contributed by atoms with Gasteiger partial charge in [-0.2, -0.15) is 8.78 Å². The number of hydrogen-bond acceptors (Lipinski definition) is 4. The van der Waals surface area contributed by atoms with Crippen LogP contribution in [0, 0.1) is 0 Å². The summed E-state index contributed by atoms with van der Waals surface area (Å²) in [5, 5.41) is 10.4. The Balaban J connectivity index is 1.45. The zero-order valence-electron chi connectivity index (χ0n) is 15.4. The molecule has 0 bridgehead atoms. The topological polar surface area (TPSA) is 56.3 Å². The summed E-state index contributed by atoms with van der Waals surface area (Å²) in [7, 11) is 0. The summed E-state index contributed by atoms with van der Waals surface area (Å²) >= 11 is 0. The molecule has 27 heavy (non-hydrogen) atoms. The molecule has 0 aromatic heterocycles. The fraction of sp³-hybridized carbons (Fsp3) is 0.632. The molecule has 2 saturated heterocycles. The molecule has 0 aliphatic carbocycles. The summed E-state index contributed by atoms with van der Waals surface area (Å²) in [6.45, 7) is 2.02. The molecule has 2 amide bonds. The molecule has 2 aliphatic rings. The highest BCUT2D eigenvalue weighted by Crippen LogP contribution is 2.21. The van der Waals surface area contributed by atoms with Crippen LogP contribution in [0.3, 0.4) is 0 Å². The van der Waals surface area contributed by atoms with Gasteiger partial charge in [0.1, 0.15) is 5.75 Å². The first kappa shape index (κ1) is 19.8.